The highest BCUT2D eigenvalue weighted by atomic mass is 16.0. The first-order valence-electron chi connectivity index (χ1n) is 32.3. The van der Waals surface area contributed by atoms with Gasteiger partial charge in [0.25, 0.3) is 0 Å². The molecular weight excluding hydrogens is 869 g/mol. The van der Waals surface area contributed by atoms with Crippen molar-refractivity contribution in [2.24, 2.45) is 23.7 Å². The van der Waals surface area contributed by atoms with E-state index in [0.717, 1.165) is 23.7 Å². The van der Waals surface area contributed by atoms with E-state index in [0.29, 0.717) is 0 Å². The Hall–Kier alpha value is -2.38. The second-order valence-corrected chi connectivity index (χ2v) is 23.6. The van der Waals surface area contributed by atoms with E-state index < -0.39 is 0 Å². The SMILES string of the molecule is C1=C2CCC(=C1)C2.C1=CC2CCC1C2.C1=CCCCCCCCCCC1.C1=CCCCCCCCCCC1.C1=CCCCCCCCCCC1.C1=CCCCCCCCCCC1.CC=C1CC2C=CC1C2.O. The summed E-state index contributed by atoms with van der Waals surface area (Å²) in [5.74, 6) is 3.72. The average Bonchev–Trinajstić information content (AvgIpc) is 4.28. The van der Waals surface area contributed by atoms with Crippen molar-refractivity contribution in [1.29, 1.82) is 0 Å². The molecule has 72 heavy (non-hydrogen) atoms. The predicted octanol–water partition coefficient (Wildman–Crippen LogP) is 23.5. The fourth-order valence-corrected chi connectivity index (χ4v) is 12.3. The number of hydrogen-bond acceptors (Lipinski definition) is 0. The lowest BCUT2D eigenvalue weighted by Gasteiger charge is -2.05. The highest BCUT2D eigenvalue weighted by Crippen LogP contribution is 2.42. The van der Waals surface area contributed by atoms with E-state index >= 15 is 0 Å². The second-order valence-electron chi connectivity index (χ2n) is 23.6. The molecule has 10 aliphatic rings. The monoisotopic (exact) mass is 989 g/mol. The topological polar surface area (TPSA) is 31.5 Å². The Bertz CT molecular complexity index is 1320. The van der Waals surface area contributed by atoms with Crippen LogP contribution >= 0.6 is 0 Å². The van der Waals surface area contributed by atoms with Gasteiger partial charge >= 0.3 is 0 Å². The molecule has 0 aliphatic heterocycles. The lowest BCUT2D eigenvalue weighted by Crippen LogP contribution is -1.90. The van der Waals surface area contributed by atoms with Crippen LogP contribution in [0.25, 0.3) is 0 Å². The first-order valence-corrected chi connectivity index (χ1v) is 32.3. The summed E-state index contributed by atoms with van der Waals surface area (Å²) < 4.78 is 0. The zero-order chi connectivity index (χ0) is 49.6. The molecule has 0 amide bonds. The van der Waals surface area contributed by atoms with Crippen molar-refractivity contribution in [2.75, 3.05) is 0 Å². The van der Waals surface area contributed by atoms with Crippen molar-refractivity contribution in [3.63, 3.8) is 0 Å². The van der Waals surface area contributed by atoms with Gasteiger partial charge in [-0.3, -0.25) is 0 Å². The van der Waals surface area contributed by atoms with Crippen molar-refractivity contribution in [1.82, 2.24) is 0 Å². The minimum Gasteiger partial charge on any atom is -0.412 e. The molecule has 410 valence electrons. The van der Waals surface area contributed by atoms with Crippen LogP contribution in [-0.2, 0) is 0 Å². The van der Waals surface area contributed by atoms with E-state index in [-0.39, 0.29) is 5.48 Å². The molecule has 2 N–H and O–H groups in total. The molecule has 0 spiro atoms. The molecular formula is C71H120O. The van der Waals surface area contributed by atoms with Crippen molar-refractivity contribution in [3.05, 3.63) is 108 Å². The van der Waals surface area contributed by atoms with Gasteiger partial charge in [0.15, 0.2) is 0 Å². The van der Waals surface area contributed by atoms with E-state index in [2.05, 4.69) is 98.1 Å². The number of hydrogen-bond donors (Lipinski definition) is 0. The zero-order valence-electron chi connectivity index (χ0n) is 47.9. The van der Waals surface area contributed by atoms with Crippen molar-refractivity contribution in [2.45, 2.75) is 315 Å². The summed E-state index contributed by atoms with van der Waals surface area (Å²) in [6, 6.07) is 0. The Morgan fingerprint density at radius 2 is 0.583 bits per heavy atom. The predicted molar refractivity (Wildman–Crippen MR) is 324 cm³/mol. The normalized spacial score (nSPS) is 27.4. The molecule has 0 aromatic carbocycles. The van der Waals surface area contributed by atoms with Gasteiger partial charge in [0.05, 0.1) is 0 Å². The van der Waals surface area contributed by atoms with Gasteiger partial charge in [-0.2, -0.15) is 0 Å². The van der Waals surface area contributed by atoms with E-state index in [9.17, 15) is 0 Å². The van der Waals surface area contributed by atoms with Gasteiger partial charge < -0.3 is 5.48 Å². The molecule has 3 saturated carbocycles. The van der Waals surface area contributed by atoms with Crippen LogP contribution in [-0.4, -0.2) is 5.48 Å². The summed E-state index contributed by atoms with van der Waals surface area (Å²) in [6.07, 6.45) is 103. The molecule has 0 aromatic heterocycles. The Morgan fingerprint density at radius 1 is 0.319 bits per heavy atom. The Labute approximate surface area is 450 Å². The van der Waals surface area contributed by atoms with Crippen LogP contribution in [0.4, 0.5) is 0 Å². The smallest absolute Gasteiger partial charge is 0.00174 e. The van der Waals surface area contributed by atoms with Crippen LogP contribution in [0, 0.1) is 23.7 Å². The highest BCUT2D eigenvalue weighted by molar-refractivity contribution is 5.36. The highest BCUT2D eigenvalue weighted by Gasteiger charge is 2.29. The quantitative estimate of drug-likeness (QED) is 0.217. The molecule has 10 aliphatic carbocycles. The summed E-state index contributed by atoms with van der Waals surface area (Å²) in [7, 11) is 0. The maximum atomic E-state index is 2.38. The Balaban J connectivity index is 0.000000223. The van der Waals surface area contributed by atoms with Crippen LogP contribution in [0.15, 0.2) is 108 Å². The summed E-state index contributed by atoms with van der Waals surface area (Å²) in [5, 5.41) is 0. The van der Waals surface area contributed by atoms with Crippen LogP contribution in [0.5, 0.6) is 0 Å². The maximum absolute atomic E-state index is 2.38. The van der Waals surface area contributed by atoms with Gasteiger partial charge in [-0.05, 0) is 185 Å². The molecule has 6 bridgehead atoms. The van der Waals surface area contributed by atoms with Crippen molar-refractivity contribution >= 4 is 0 Å². The molecule has 0 aromatic rings. The Kier molecular flexibility index (Phi) is 41.8. The van der Waals surface area contributed by atoms with Crippen molar-refractivity contribution in [3.8, 4) is 0 Å². The Morgan fingerprint density at radius 3 is 0.722 bits per heavy atom. The molecule has 0 saturated heterocycles. The zero-order valence-corrected chi connectivity index (χ0v) is 47.9. The van der Waals surface area contributed by atoms with Crippen LogP contribution < -0.4 is 0 Å². The molecule has 3 fully saturated rings. The standard InChI is InChI=1S/4C12H22.C9H12.C7H10.C7H8.H2O/c4*1-2-4-6-8-10-12-11-9-7-5-3-1;1-2-8-5-7-3-4-9(8)6-7;2*1-2-7-4-3-6(1)5-7;/h4*1-2H,3-12H2;2-4,7,9H,5-6H2,1H3;1-2,6-7H,3-5H2;1-2H,3-5H2;1H2. The van der Waals surface area contributed by atoms with Crippen molar-refractivity contribution < 1.29 is 5.48 Å². The number of fused-ring (bicyclic) bond motifs is 6. The second kappa shape index (κ2) is 47.1. The number of allylic oxidation sites excluding steroid dienone is 18. The lowest BCUT2D eigenvalue weighted by molar-refractivity contribution is 0.566. The van der Waals surface area contributed by atoms with Crippen LogP contribution in [0.2, 0.25) is 0 Å². The summed E-state index contributed by atoms with van der Waals surface area (Å²) >= 11 is 0. The van der Waals surface area contributed by atoms with Gasteiger partial charge in [0.1, 0.15) is 0 Å². The molecule has 0 heterocycles. The largest absolute Gasteiger partial charge is 0.412 e. The molecule has 10 rings (SSSR count). The third kappa shape index (κ3) is 35.0. The summed E-state index contributed by atoms with van der Waals surface area (Å²) in [5.41, 5.74) is 4.97. The van der Waals surface area contributed by atoms with E-state index in [4.69, 9.17) is 0 Å². The summed E-state index contributed by atoms with van der Waals surface area (Å²) in [6.45, 7) is 2.16. The minimum atomic E-state index is 0. The van der Waals surface area contributed by atoms with Gasteiger partial charge in [0.2, 0.25) is 0 Å². The molecule has 0 radical (unpaired) electrons. The lowest BCUT2D eigenvalue weighted by atomic mass is 10.0. The third-order valence-electron chi connectivity index (χ3n) is 17.1. The van der Waals surface area contributed by atoms with Gasteiger partial charge in [-0.15, -0.1) is 0 Å². The fourth-order valence-electron chi connectivity index (χ4n) is 12.3. The maximum Gasteiger partial charge on any atom is -0.00174 e. The minimum absolute atomic E-state index is 0. The van der Waals surface area contributed by atoms with E-state index in [1.165, 1.54) is 308 Å². The third-order valence-corrected chi connectivity index (χ3v) is 17.1. The molecule has 1 nitrogen and oxygen atoms in total. The first-order chi connectivity index (χ1) is 35.3. The van der Waals surface area contributed by atoms with Crippen LogP contribution in [0.3, 0.4) is 0 Å². The van der Waals surface area contributed by atoms with Crippen LogP contribution in [0.1, 0.15) is 315 Å². The van der Waals surface area contributed by atoms with Gasteiger partial charge in [0, 0.05) is 0 Å². The molecule has 4 atom stereocenters. The van der Waals surface area contributed by atoms with E-state index in [1.54, 1.807) is 16.7 Å². The first kappa shape index (κ1) is 63.9. The fraction of sp³-hybridized carbons (Fsp3) is 0.746. The average molecular weight is 990 g/mol. The molecule has 1 heteroatoms. The number of rotatable bonds is 0. The molecule has 4 unspecified atom stereocenters. The van der Waals surface area contributed by atoms with Gasteiger partial charge in [-0.25, -0.2) is 0 Å². The summed E-state index contributed by atoms with van der Waals surface area (Å²) in [4.78, 5) is 0. The van der Waals surface area contributed by atoms with Gasteiger partial charge in [-0.1, -0.05) is 262 Å². The van der Waals surface area contributed by atoms with E-state index in [1.807, 2.05) is 0 Å².